The van der Waals surface area contributed by atoms with Crippen molar-refractivity contribution in [3.05, 3.63) is 62.9 Å². The molecule has 1 aromatic carbocycles. The lowest BCUT2D eigenvalue weighted by Gasteiger charge is -2.08. The van der Waals surface area contributed by atoms with E-state index < -0.39 is 11.1 Å². The van der Waals surface area contributed by atoms with Crippen LogP contribution in [0.15, 0.2) is 46.2 Å². The summed E-state index contributed by atoms with van der Waals surface area (Å²) < 4.78 is 8.14. The highest BCUT2D eigenvalue weighted by Gasteiger charge is 2.02. The van der Waals surface area contributed by atoms with E-state index in [1.165, 1.54) is 9.13 Å². The Bertz CT molecular complexity index is 784. The van der Waals surface area contributed by atoms with Crippen molar-refractivity contribution in [1.82, 2.24) is 9.13 Å². The van der Waals surface area contributed by atoms with Gasteiger partial charge < -0.3 is 13.9 Å². The van der Waals surface area contributed by atoms with Crippen molar-refractivity contribution in [2.75, 3.05) is 6.61 Å². The Morgan fingerprint density at radius 3 is 2.81 bits per heavy atom. The molecule has 0 atom stereocenters. The van der Waals surface area contributed by atoms with Gasteiger partial charge in [-0.05, 0) is 24.6 Å². The highest BCUT2D eigenvalue weighted by molar-refractivity contribution is 5.36. The number of hydrogen-bond acceptors (Lipinski definition) is 4. The Labute approximate surface area is 121 Å². The van der Waals surface area contributed by atoms with Gasteiger partial charge >= 0.3 is 11.1 Å². The first-order valence-electron chi connectivity index (χ1n) is 6.51. The van der Waals surface area contributed by atoms with Gasteiger partial charge in [0.05, 0.1) is 18.2 Å². The van der Waals surface area contributed by atoms with E-state index in [0.717, 1.165) is 0 Å². The SMILES string of the molecule is Cn1ccn(CCCOc2cccc(C#N)c2)c(=O)c1=O. The quantitative estimate of drug-likeness (QED) is 0.604. The monoisotopic (exact) mass is 285 g/mol. The average Bonchev–Trinajstić information content (AvgIpc) is 2.51. The van der Waals surface area contributed by atoms with Gasteiger partial charge in [-0.15, -0.1) is 0 Å². The summed E-state index contributed by atoms with van der Waals surface area (Å²) in [5.41, 5.74) is -0.540. The maximum Gasteiger partial charge on any atom is 0.316 e. The van der Waals surface area contributed by atoms with Crippen molar-refractivity contribution in [3.63, 3.8) is 0 Å². The standard InChI is InChI=1S/C15H15N3O3/c1-17-7-8-18(15(20)14(17)19)6-3-9-21-13-5-2-4-12(10-13)11-16/h2,4-5,7-8,10H,3,6,9H2,1H3. The second kappa shape index (κ2) is 6.57. The highest BCUT2D eigenvalue weighted by Crippen LogP contribution is 2.12. The number of ether oxygens (including phenoxy) is 1. The van der Waals surface area contributed by atoms with Crippen LogP contribution >= 0.6 is 0 Å². The molecule has 0 fully saturated rings. The molecular formula is C15H15N3O3. The summed E-state index contributed by atoms with van der Waals surface area (Å²) in [6.07, 6.45) is 3.73. The molecule has 0 radical (unpaired) electrons. The number of nitrogens with zero attached hydrogens (tertiary/aromatic N) is 3. The molecule has 0 N–H and O–H groups in total. The number of aromatic nitrogens is 2. The third-order valence-corrected chi connectivity index (χ3v) is 3.01. The fourth-order valence-corrected chi connectivity index (χ4v) is 1.85. The van der Waals surface area contributed by atoms with Crippen LogP contribution in [0.1, 0.15) is 12.0 Å². The number of hydrogen-bond donors (Lipinski definition) is 0. The third kappa shape index (κ3) is 3.60. The summed E-state index contributed by atoms with van der Waals surface area (Å²) in [6, 6.07) is 8.92. The van der Waals surface area contributed by atoms with E-state index in [-0.39, 0.29) is 0 Å². The molecule has 2 aromatic rings. The maximum absolute atomic E-state index is 11.7. The van der Waals surface area contributed by atoms with Crippen LogP contribution in [0.4, 0.5) is 0 Å². The molecule has 0 aliphatic carbocycles. The van der Waals surface area contributed by atoms with Gasteiger partial charge in [0.15, 0.2) is 0 Å². The van der Waals surface area contributed by atoms with Crippen molar-refractivity contribution >= 4 is 0 Å². The smallest absolute Gasteiger partial charge is 0.316 e. The summed E-state index contributed by atoms with van der Waals surface area (Å²) in [5.74, 6) is 0.616. The molecule has 0 aliphatic heterocycles. The van der Waals surface area contributed by atoms with E-state index in [0.29, 0.717) is 30.9 Å². The molecule has 0 aliphatic rings. The second-order valence-electron chi connectivity index (χ2n) is 4.55. The first-order valence-corrected chi connectivity index (χ1v) is 6.51. The largest absolute Gasteiger partial charge is 0.493 e. The van der Waals surface area contributed by atoms with Crippen molar-refractivity contribution in [2.45, 2.75) is 13.0 Å². The summed E-state index contributed by atoms with van der Waals surface area (Å²) >= 11 is 0. The maximum atomic E-state index is 11.7. The summed E-state index contributed by atoms with van der Waals surface area (Å²) in [7, 11) is 1.54. The lowest BCUT2D eigenvalue weighted by molar-refractivity contribution is 0.300. The van der Waals surface area contributed by atoms with E-state index in [1.54, 1.807) is 43.7 Å². The van der Waals surface area contributed by atoms with Gasteiger partial charge in [-0.3, -0.25) is 9.59 Å². The van der Waals surface area contributed by atoms with Crippen LogP contribution in [0, 0.1) is 11.3 Å². The fourth-order valence-electron chi connectivity index (χ4n) is 1.85. The normalized spacial score (nSPS) is 10.1. The van der Waals surface area contributed by atoms with Gasteiger partial charge in [0.1, 0.15) is 5.75 Å². The molecule has 108 valence electrons. The third-order valence-electron chi connectivity index (χ3n) is 3.01. The summed E-state index contributed by atoms with van der Waals surface area (Å²) in [6.45, 7) is 0.809. The molecule has 0 bridgehead atoms. The van der Waals surface area contributed by atoms with Crippen LogP contribution in [0.5, 0.6) is 5.75 Å². The molecule has 0 unspecified atom stereocenters. The van der Waals surface area contributed by atoms with Gasteiger partial charge in [0.2, 0.25) is 0 Å². The average molecular weight is 285 g/mol. The first kappa shape index (κ1) is 14.6. The fraction of sp³-hybridized carbons (Fsp3) is 0.267. The summed E-state index contributed by atoms with van der Waals surface area (Å²) in [4.78, 5) is 23.2. The minimum absolute atomic E-state index is 0.399. The Morgan fingerprint density at radius 2 is 2.05 bits per heavy atom. The zero-order chi connectivity index (χ0) is 15.2. The predicted octanol–water partition coefficient (Wildman–Crippen LogP) is 0.888. The Morgan fingerprint density at radius 1 is 1.24 bits per heavy atom. The zero-order valence-electron chi connectivity index (χ0n) is 11.7. The van der Waals surface area contributed by atoms with Gasteiger partial charge in [-0.1, -0.05) is 6.07 Å². The number of nitriles is 1. The Kier molecular flexibility index (Phi) is 4.57. The van der Waals surface area contributed by atoms with Gasteiger partial charge in [0, 0.05) is 26.0 Å². The molecule has 6 nitrogen and oxygen atoms in total. The minimum atomic E-state index is -0.542. The molecular weight excluding hydrogens is 270 g/mol. The minimum Gasteiger partial charge on any atom is -0.493 e. The topological polar surface area (TPSA) is 77.0 Å². The molecule has 1 heterocycles. The van der Waals surface area contributed by atoms with E-state index in [9.17, 15) is 9.59 Å². The van der Waals surface area contributed by atoms with Crippen molar-refractivity contribution in [1.29, 1.82) is 5.26 Å². The van der Waals surface area contributed by atoms with E-state index in [1.807, 2.05) is 6.07 Å². The van der Waals surface area contributed by atoms with Crippen molar-refractivity contribution in [3.8, 4) is 11.8 Å². The van der Waals surface area contributed by atoms with Crippen LogP contribution in [0.25, 0.3) is 0 Å². The van der Waals surface area contributed by atoms with Crippen molar-refractivity contribution in [2.24, 2.45) is 7.05 Å². The van der Waals surface area contributed by atoms with Crippen LogP contribution in [0.2, 0.25) is 0 Å². The molecule has 0 amide bonds. The van der Waals surface area contributed by atoms with E-state index in [4.69, 9.17) is 10.00 Å². The number of aryl methyl sites for hydroxylation is 2. The van der Waals surface area contributed by atoms with Gasteiger partial charge in [-0.25, -0.2) is 0 Å². The van der Waals surface area contributed by atoms with Crippen LogP contribution in [-0.2, 0) is 13.6 Å². The molecule has 1 aromatic heterocycles. The second-order valence-corrected chi connectivity index (χ2v) is 4.55. The molecule has 21 heavy (non-hydrogen) atoms. The predicted molar refractivity (Wildman–Crippen MR) is 77.2 cm³/mol. The molecule has 6 heteroatoms. The zero-order valence-corrected chi connectivity index (χ0v) is 11.7. The lowest BCUT2D eigenvalue weighted by Crippen LogP contribution is -2.39. The van der Waals surface area contributed by atoms with Gasteiger partial charge in [0.25, 0.3) is 0 Å². The molecule has 2 rings (SSSR count). The van der Waals surface area contributed by atoms with Crippen LogP contribution in [0.3, 0.4) is 0 Å². The van der Waals surface area contributed by atoms with Crippen molar-refractivity contribution < 1.29 is 4.74 Å². The van der Waals surface area contributed by atoms with E-state index >= 15 is 0 Å². The molecule has 0 saturated carbocycles. The molecule has 0 saturated heterocycles. The Hall–Kier alpha value is -2.81. The number of rotatable bonds is 5. The van der Waals surface area contributed by atoms with E-state index in [2.05, 4.69) is 0 Å². The Balaban J connectivity index is 1.91. The molecule has 0 spiro atoms. The number of benzene rings is 1. The lowest BCUT2D eigenvalue weighted by atomic mass is 10.2. The first-order chi connectivity index (χ1) is 10.1. The highest BCUT2D eigenvalue weighted by atomic mass is 16.5. The van der Waals surface area contributed by atoms with Crippen LogP contribution < -0.4 is 15.9 Å². The summed E-state index contributed by atoms with van der Waals surface area (Å²) in [5, 5.41) is 8.79. The van der Waals surface area contributed by atoms with Crippen LogP contribution in [-0.4, -0.2) is 15.7 Å². The van der Waals surface area contributed by atoms with Gasteiger partial charge in [-0.2, -0.15) is 5.26 Å².